The van der Waals surface area contributed by atoms with E-state index in [0.717, 1.165) is 22.8 Å². The fourth-order valence-corrected chi connectivity index (χ4v) is 4.97. The number of rotatable bonds is 5. The standard InChI is InChI=1S/C25H30N2O3S.2C2H6/c1-25(2,3)30-24(28)27-13-12-23(19-8-10-21(29-4)11-9-19)20(16-27)17-31-22-7-5-6-18(14-22)15-26;2*1-2/h5-11,14,20,23H,12-13,16-17H2,1-4H3;2*1-2H3/t20?,23-;;/m0../s1. The van der Waals surface area contributed by atoms with Crippen LogP contribution in [0.4, 0.5) is 4.79 Å². The third-order valence-corrected chi connectivity index (χ3v) is 6.54. The lowest BCUT2D eigenvalue weighted by molar-refractivity contribution is 0.0158. The molecule has 2 atom stereocenters. The van der Waals surface area contributed by atoms with Crippen LogP contribution in [0.2, 0.25) is 0 Å². The number of nitrogens with zero attached hydrogens (tertiary/aromatic N) is 2. The first-order valence-electron chi connectivity index (χ1n) is 12.5. The number of likely N-dealkylation sites (tertiary alicyclic amines) is 1. The number of ether oxygens (including phenoxy) is 2. The topological polar surface area (TPSA) is 62.6 Å². The Morgan fingerprint density at radius 2 is 1.77 bits per heavy atom. The monoisotopic (exact) mass is 498 g/mol. The van der Waals surface area contributed by atoms with E-state index in [2.05, 4.69) is 18.2 Å². The van der Waals surface area contributed by atoms with Crippen LogP contribution in [0.5, 0.6) is 5.75 Å². The maximum Gasteiger partial charge on any atom is 0.410 e. The molecule has 2 aromatic rings. The predicted octanol–water partition coefficient (Wildman–Crippen LogP) is 7.75. The molecule has 0 aliphatic carbocycles. The highest BCUT2D eigenvalue weighted by atomic mass is 32.2. The van der Waals surface area contributed by atoms with E-state index in [0.29, 0.717) is 24.6 Å². The fraction of sp³-hybridized carbons (Fsp3) is 0.517. The molecule has 1 heterocycles. The van der Waals surface area contributed by atoms with E-state index in [4.69, 9.17) is 9.47 Å². The van der Waals surface area contributed by atoms with Crippen LogP contribution in [0.15, 0.2) is 53.4 Å². The molecule has 0 spiro atoms. The number of hydrogen-bond acceptors (Lipinski definition) is 5. The van der Waals surface area contributed by atoms with Crippen molar-refractivity contribution in [3.8, 4) is 11.8 Å². The summed E-state index contributed by atoms with van der Waals surface area (Å²) in [5.74, 6) is 2.31. The summed E-state index contributed by atoms with van der Waals surface area (Å²) in [6.45, 7) is 15.0. The van der Waals surface area contributed by atoms with E-state index in [1.165, 1.54) is 5.56 Å². The molecule has 1 unspecified atom stereocenters. The maximum atomic E-state index is 12.7. The summed E-state index contributed by atoms with van der Waals surface area (Å²) in [7, 11) is 1.67. The summed E-state index contributed by atoms with van der Waals surface area (Å²) in [6, 6.07) is 18.1. The number of piperidine rings is 1. The minimum Gasteiger partial charge on any atom is -0.497 e. The maximum absolute atomic E-state index is 12.7. The summed E-state index contributed by atoms with van der Waals surface area (Å²) in [5.41, 5.74) is 1.42. The van der Waals surface area contributed by atoms with Crippen molar-refractivity contribution >= 4 is 17.9 Å². The third kappa shape index (κ3) is 9.85. The van der Waals surface area contributed by atoms with E-state index in [9.17, 15) is 10.1 Å². The molecule has 6 heteroatoms. The lowest BCUT2D eigenvalue weighted by atomic mass is 9.81. The van der Waals surface area contributed by atoms with Crippen LogP contribution in [0, 0.1) is 17.2 Å². The van der Waals surface area contributed by atoms with Crippen molar-refractivity contribution in [3.05, 3.63) is 59.7 Å². The van der Waals surface area contributed by atoms with E-state index in [-0.39, 0.29) is 12.0 Å². The first-order valence-corrected chi connectivity index (χ1v) is 13.5. The number of carbonyl (C=O) groups excluding carboxylic acids is 1. The molecule has 35 heavy (non-hydrogen) atoms. The van der Waals surface area contributed by atoms with Gasteiger partial charge >= 0.3 is 6.09 Å². The molecule has 1 amide bonds. The normalized spacial score (nSPS) is 17.1. The van der Waals surface area contributed by atoms with Gasteiger partial charge in [0.25, 0.3) is 0 Å². The van der Waals surface area contributed by atoms with E-state index in [1.807, 2.05) is 89.8 Å². The molecule has 1 aliphatic heterocycles. The van der Waals surface area contributed by atoms with Gasteiger partial charge in [0.2, 0.25) is 0 Å². The summed E-state index contributed by atoms with van der Waals surface area (Å²) in [5, 5.41) is 9.17. The van der Waals surface area contributed by atoms with Gasteiger partial charge in [0, 0.05) is 23.7 Å². The minimum absolute atomic E-state index is 0.248. The molecule has 0 aromatic heterocycles. The summed E-state index contributed by atoms with van der Waals surface area (Å²) >= 11 is 1.73. The zero-order chi connectivity index (χ0) is 26.4. The second-order valence-corrected chi connectivity index (χ2v) is 9.90. The van der Waals surface area contributed by atoms with Crippen LogP contribution in [0.3, 0.4) is 0 Å². The van der Waals surface area contributed by atoms with E-state index >= 15 is 0 Å². The highest BCUT2D eigenvalue weighted by Crippen LogP contribution is 2.37. The SMILES string of the molecule is CC.CC.COc1ccc([C@@H]2CCN(C(=O)OC(C)(C)C)CC2CSc2cccc(C#N)c2)cc1. The van der Waals surface area contributed by atoms with Crippen molar-refractivity contribution in [3.63, 3.8) is 0 Å². The Hall–Kier alpha value is -2.65. The molecule has 0 bridgehead atoms. The Kier molecular flexibility index (Phi) is 13.3. The highest BCUT2D eigenvalue weighted by molar-refractivity contribution is 7.99. The molecule has 192 valence electrons. The van der Waals surface area contributed by atoms with Gasteiger partial charge in [-0.15, -0.1) is 11.8 Å². The molecule has 1 fully saturated rings. The lowest BCUT2D eigenvalue weighted by Gasteiger charge is -2.39. The van der Waals surface area contributed by atoms with Gasteiger partial charge in [-0.2, -0.15) is 5.26 Å². The zero-order valence-corrected chi connectivity index (χ0v) is 23.4. The first kappa shape index (κ1) is 30.4. The van der Waals surface area contributed by atoms with Crippen LogP contribution >= 0.6 is 11.8 Å². The van der Waals surface area contributed by atoms with Gasteiger partial charge < -0.3 is 14.4 Å². The number of carbonyl (C=O) groups is 1. The number of thioether (sulfide) groups is 1. The molecule has 0 radical (unpaired) electrons. The first-order chi connectivity index (χ1) is 16.8. The molecule has 5 nitrogen and oxygen atoms in total. The third-order valence-electron chi connectivity index (χ3n) is 5.36. The highest BCUT2D eigenvalue weighted by Gasteiger charge is 2.34. The van der Waals surface area contributed by atoms with Crippen LogP contribution in [0.25, 0.3) is 0 Å². The average Bonchev–Trinajstić information content (AvgIpc) is 2.89. The largest absolute Gasteiger partial charge is 0.497 e. The van der Waals surface area contributed by atoms with E-state index < -0.39 is 5.60 Å². The van der Waals surface area contributed by atoms with Gasteiger partial charge in [-0.05, 0) is 74.9 Å². The number of nitriles is 1. The van der Waals surface area contributed by atoms with Gasteiger partial charge in [0.05, 0.1) is 18.7 Å². The van der Waals surface area contributed by atoms with Gasteiger partial charge in [-0.3, -0.25) is 0 Å². The number of benzene rings is 2. The minimum atomic E-state index is -0.508. The van der Waals surface area contributed by atoms with Gasteiger partial charge in [0.1, 0.15) is 11.4 Å². The fourth-order valence-electron chi connectivity index (χ4n) is 3.84. The Bertz CT molecular complexity index is 932. The molecular formula is C29H42N2O3S. The summed E-state index contributed by atoms with van der Waals surface area (Å²) < 4.78 is 10.9. The summed E-state index contributed by atoms with van der Waals surface area (Å²) in [6.07, 6.45) is 0.636. The zero-order valence-electron chi connectivity index (χ0n) is 22.6. The summed E-state index contributed by atoms with van der Waals surface area (Å²) in [4.78, 5) is 15.6. The molecule has 0 saturated carbocycles. The van der Waals surface area contributed by atoms with Crippen LogP contribution in [-0.4, -0.2) is 42.5 Å². The Balaban J connectivity index is 0.00000145. The van der Waals surface area contributed by atoms with Crippen molar-refractivity contribution in [2.24, 2.45) is 5.92 Å². The van der Waals surface area contributed by atoms with Crippen molar-refractivity contribution in [1.29, 1.82) is 5.26 Å². The molecule has 2 aromatic carbocycles. The Morgan fingerprint density at radius 3 is 2.34 bits per heavy atom. The molecule has 3 rings (SSSR count). The molecule has 1 saturated heterocycles. The smallest absolute Gasteiger partial charge is 0.410 e. The molecular weight excluding hydrogens is 456 g/mol. The van der Waals surface area contributed by atoms with Crippen LogP contribution in [-0.2, 0) is 4.74 Å². The van der Waals surface area contributed by atoms with Crippen LogP contribution in [0.1, 0.15) is 71.9 Å². The Labute approximate surface area is 216 Å². The molecule has 0 N–H and O–H groups in total. The van der Waals surface area contributed by atoms with Gasteiger partial charge in [-0.25, -0.2) is 4.79 Å². The van der Waals surface area contributed by atoms with Crippen molar-refractivity contribution < 1.29 is 14.3 Å². The number of amides is 1. The van der Waals surface area contributed by atoms with Crippen molar-refractivity contribution in [2.45, 2.75) is 71.3 Å². The lowest BCUT2D eigenvalue weighted by Crippen LogP contribution is -2.45. The number of hydrogen-bond donors (Lipinski definition) is 0. The van der Waals surface area contributed by atoms with E-state index in [1.54, 1.807) is 18.9 Å². The van der Waals surface area contributed by atoms with Crippen LogP contribution < -0.4 is 4.74 Å². The second-order valence-electron chi connectivity index (χ2n) is 8.81. The van der Waals surface area contributed by atoms with Gasteiger partial charge in [-0.1, -0.05) is 45.9 Å². The second kappa shape index (κ2) is 15.4. The van der Waals surface area contributed by atoms with Gasteiger partial charge in [0.15, 0.2) is 0 Å². The van der Waals surface area contributed by atoms with Crippen molar-refractivity contribution in [1.82, 2.24) is 4.90 Å². The Morgan fingerprint density at radius 1 is 1.11 bits per heavy atom. The van der Waals surface area contributed by atoms with Crippen molar-refractivity contribution in [2.75, 3.05) is 26.0 Å². The molecule has 1 aliphatic rings. The quantitative estimate of drug-likeness (QED) is 0.394. The predicted molar refractivity (Wildman–Crippen MR) is 146 cm³/mol. The average molecular weight is 499 g/mol. The number of methoxy groups -OCH3 is 1.